The van der Waals surface area contributed by atoms with Crippen LogP contribution in [0.25, 0.3) is 0 Å². The summed E-state index contributed by atoms with van der Waals surface area (Å²) in [5, 5.41) is 5.41. The fourth-order valence-electron chi connectivity index (χ4n) is 4.33. The van der Waals surface area contributed by atoms with Gasteiger partial charge < -0.3 is 10.2 Å². The summed E-state index contributed by atoms with van der Waals surface area (Å²) in [7, 11) is 0. The largest absolute Gasteiger partial charge is 0.334 e. The molecular weight excluding hydrogens is 346 g/mol. The van der Waals surface area contributed by atoms with Gasteiger partial charge in [0.1, 0.15) is 0 Å². The monoisotopic (exact) mass is 369 g/mol. The smallest absolute Gasteiger partial charge is 0.254 e. The molecule has 136 valence electrons. The molecule has 0 radical (unpaired) electrons. The molecule has 0 atom stereocenters. The Bertz CT molecular complexity index is 797. The highest BCUT2D eigenvalue weighted by Crippen LogP contribution is 2.41. The molecule has 1 aromatic heterocycles. The first kappa shape index (κ1) is 17.2. The molecule has 0 unspecified atom stereocenters. The summed E-state index contributed by atoms with van der Waals surface area (Å²) < 4.78 is 0. The van der Waals surface area contributed by atoms with Gasteiger partial charge in [0.2, 0.25) is 5.91 Å². The number of anilines is 1. The molecule has 1 aromatic carbocycles. The maximum Gasteiger partial charge on any atom is 0.254 e. The number of hydrogen-bond donors (Lipinski definition) is 1. The molecule has 1 aliphatic heterocycles. The number of rotatable bonds is 5. The van der Waals surface area contributed by atoms with Gasteiger partial charge in [-0.1, -0.05) is 37.5 Å². The van der Waals surface area contributed by atoms with Gasteiger partial charge in [0.25, 0.3) is 5.91 Å². The van der Waals surface area contributed by atoms with Crippen LogP contribution in [0.1, 0.15) is 54.4 Å². The van der Waals surface area contributed by atoms with Crippen LogP contribution in [0.3, 0.4) is 0 Å². The molecule has 1 fully saturated rings. The molecule has 2 heterocycles. The minimum atomic E-state index is -0.128. The minimum absolute atomic E-state index is 0.00556. The first-order valence-electron chi connectivity index (χ1n) is 9.22. The van der Waals surface area contributed by atoms with Gasteiger partial charge in [0.15, 0.2) is 5.13 Å². The second-order valence-corrected chi connectivity index (χ2v) is 8.34. The molecule has 2 aliphatic rings. The number of nitrogens with zero attached hydrogens (tertiary/aromatic N) is 2. The first-order valence-corrected chi connectivity index (χ1v) is 10.1. The molecule has 4 rings (SSSR count). The Kier molecular flexibility index (Phi) is 4.76. The van der Waals surface area contributed by atoms with Gasteiger partial charge in [-0.15, -0.1) is 11.3 Å². The zero-order valence-electron chi connectivity index (χ0n) is 14.7. The fourth-order valence-corrected chi connectivity index (χ4v) is 4.87. The van der Waals surface area contributed by atoms with Crippen molar-refractivity contribution >= 4 is 28.3 Å². The molecule has 5 nitrogen and oxygen atoms in total. The van der Waals surface area contributed by atoms with E-state index in [0.29, 0.717) is 24.6 Å². The van der Waals surface area contributed by atoms with Crippen LogP contribution in [0.15, 0.2) is 35.8 Å². The topological polar surface area (TPSA) is 62.3 Å². The van der Waals surface area contributed by atoms with Crippen molar-refractivity contribution in [1.82, 2.24) is 9.88 Å². The lowest BCUT2D eigenvalue weighted by molar-refractivity contribution is -0.119. The zero-order valence-corrected chi connectivity index (χ0v) is 15.6. The molecular formula is C20H23N3O2S. The Hall–Kier alpha value is -2.21. The Labute approximate surface area is 157 Å². The molecule has 2 amide bonds. The van der Waals surface area contributed by atoms with E-state index in [9.17, 15) is 9.59 Å². The summed E-state index contributed by atoms with van der Waals surface area (Å²) in [5.41, 5.74) is 1.78. The third kappa shape index (κ3) is 3.51. The van der Waals surface area contributed by atoms with E-state index >= 15 is 0 Å². The third-order valence-electron chi connectivity index (χ3n) is 5.55. The Balaban J connectivity index is 1.48. The highest BCUT2D eigenvalue weighted by atomic mass is 32.1. The highest BCUT2D eigenvalue weighted by molar-refractivity contribution is 7.13. The Morgan fingerprint density at radius 3 is 2.77 bits per heavy atom. The SMILES string of the molecule is O=C(CC1(CN2Cc3ccccc3C2=O)CCCCC1)Nc1nccs1. The molecule has 2 aromatic rings. The van der Waals surface area contributed by atoms with Crippen molar-refractivity contribution in [3.63, 3.8) is 0 Å². The lowest BCUT2D eigenvalue weighted by atomic mass is 9.71. The van der Waals surface area contributed by atoms with Crippen molar-refractivity contribution in [3.8, 4) is 0 Å². The second kappa shape index (κ2) is 7.19. The van der Waals surface area contributed by atoms with Crippen LogP contribution in [0, 0.1) is 5.41 Å². The van der Waals surface area contributed by atoms with Gasteiger partial charge in [0.05, 0.1) is 0 Å². The average molecular weight is 369 g/mol. The fraction of sp³-hybridized carbons (Fsp3) is 0.450. The summed E-state index contributed by atoms with van der Waals surface area (Å²) in [6.45, 7) is 1.32. The normalized spacial score (nSPS) is 18.6. The van der Waals surface area contributed by atoms with Crippen molar-refractivity contribution in [1.29, 1.82) is 0 Å². The van der Waals surface area contributed by atoms with Crippen LogP contribution in [-0.4, -0.2) is 28.2 Å². The van der Waals surface area contributed by atoms with Gasteiger partial charge in [0, 0.05) is 36.7 Å². The Morgan fingerprint density at radius 1 is 1.23 bits per heavy atom. The van der Waals surface area contributed by atoms with E-state index in [4.69, 9.17) is 0 Å². The number of hydrogen-bond acceptors (Lipinski definition) is 4. The number of thiazole rings is 1. The molecule has 0 bridgehead atoms. The van der Waals surface area contributed by atoms with E-state index < -0.39 is 0 Å². The lowest BCUT2D eigenvalue weighted by Crippen LogP contribution is -2.41. The van der Waals surface area contributed by atoms with Crippen LogP contribution in [0.2, 0.25) is 0 Å². The standard InChI is InChI=1S/C20H23N3O2S/c24-17(22-19-21-10-11-26-19)12-20(8-4-1-5-9-20)14-23-13-15-6-2-3-7-16(15)18(23)25/h2-3,6-7,10-11H,1,4-5,8-9,12-14H2,(H,21,22,24). The summed E-state index contributed by atoms with van der Waals surface area (Å²) in [6, 6.07) is 7.82. The Morgan fingerprint density at radius 2 is 2.04 bits per heavy atom. The molecule has 0 spiro atoms. The van der Waals surface area contributed by atoms with Crippen LogP contribution in [0.4, 0.5) is 5.13 Å². The maximum absolute atomic E-state index is 12.8. The summed E-state index contributed by atoms with van der Waals surface area (Å²) in [4.78, 5) is 31.5. The van der Waals surface area contributed by atoms with E-state index in [0.717, 1.165) is 36.8 Å². The molecule has 6 heteroatoms. The molecule has 1 aliphatic carbocycles. The molecule has 1 saturated carbocycles. The van der Waals surface area contributed by atoms with E-state index in [2.05, 4.69) is 10.3 Å². The van der Waals surface area contributed by atoms with Gasteiger partial charge in [-0.05, 0) is 29.9 Å². The third-order valence-corrected chi connectivity index (χ3v) is 6.24. The zero-order chi connectivity index (χ0) is 18.0. The van der Waals surface area contributed by atoms with Gasteiger partial charge in [-0.25, -0.2) is 4.98 Å². The van der Waals surface area contributed by atoms with Crippen molar-refractivity contribution in [2.24, 2.45) is 5.41 Å². The van der Waals surface area contributed by atoms with E-state index in [1.807, 2.05) is 34.5 Å². The van der Waals surface area contributed by atoms with Gasteiger partial charge >= 0.3 is 0 Å². The van der Waals surface area contributed by atoms with E-state index in [-0.39, 0.29) is 17.2 Å². The van der Waals surface area contributed by atoms with Crippen LogP contribution in [0.5, 0.6) is 0 Å². The maximum atomic E-state index is 12.8. The molecule has 0 saturated heterocycles. The molecule has 1 N–H and O–H groups in total. The molecule has 26 heavy (non-hydrogen) atoms. The minimum Gasteiger partial charge on any atom is -0.334 e. The number of carbonyl (C=O) groups is 2. The average Bonchev–Trinajstić information content (AvgIpc) is 3.24. The van der Waals surface area contributed by atoms with Gasteiger partial charge in [-0.2, -0.15) is 0 Å². The van der Waals surface area contributed by atoms with E-state index in [1.165, 1.54) is 17.8 Å². The van der Waals surface area contributed by atoms with Crippen molar-refractivity contribution in [3.05, 3.63) is 47.0 Å². The summed E-state index contributed by atoms with van der Waals surface area (Å²) >= 11 is 1.43. The van der Waals surface area contributed by atoms with Gasteiger partial charge in [-0.3, -0.25) is 9.59 Å². The number of benzene rings is 1. The summed E-state index contributed by atoms with van der Waals surface area (Å²) in [6.07, 6.45) is 7.60. The highest BCUT2D eigenvalue weighted by Gasteiger charge is 2.39. The second-order valence-electron chi connectivity index (χ2n) is 7.44. The predicted molar refractivity (Wildman–Crippen MR) is 102 cm³/mol. The number of nitrogens with one attached hydrogen (secondary N) is 1. The number of aromatic nitrogens is 1. The predicted octanol–water partition coefficient (Wildman–Crippen LogP) is 4.08. The number of fused-ring (bicyclic) bond motifs is 1. The van der Waals surface area contributed by atoms with Crippen molar-refractivity contribution < 1.29 is 9.59 Å². The van der Waals surface area contributed by atoms with Crippen LogP contribution < -0.4 is 5.32 Å². The van der Waals surface area contributed by atoms with Crippen molar-refractivity contribution in [2.75, 3.05) is 11.9 Å². The van der Waals surface area contributed by atoms with Crippen LogP contribution in [-0.2, 0) is 11.3 Å². The number of amides is 2. The first-order chi connectivity index (χ1) is 12.7. The lowest BCUT2D eigenvalue weighted by Gasteiger charge is -2.39. The van der Waals surface area contributed by atoms with Crippen LogP contribution >= 0.6 is 11.3 Å². The number of carbonyl (C=O) groups excluding carboxylic acids is 2. The van der Waals surface area contributed by atoms with E-state index in [1.54, 1.807) is 6.20 Å². The summed E-state index contributed by atoms with van der Waals surface area (Å²) in [5.74, 6) is 0.108. The quantitative estimate of drug-likeness (QED) is 0.864. The van der Waals surface area contributed by atoms with Crippen molar-refractivity contribution in [2.45, 2.75) is 45.1 Å².